The second kappa shape index (κ2) is 11.5. The van der Waals surface area contributed by atoms with Crippen molar-refractivity contribution >= 4 is 97.9 Å². The Morgan fingerprint density at radius 1 is 0.298 bits per heavy atom. The number of furan rings is 3. The molecule has 0 amide bonds. The minimum Gasteiger partial charge on any atom is -0.464 e. The number of fused-ring (bicyclic) bond motifs is 12. The summed E-state index contributed by atoms with van der Waals surface area (Å²) in [6, 6.07) is 62.9. The van der Waals surface area contributed by atoms with E-state index in [1.807, 2.05) is 6.26 Å². The van der Waals surface area contributed by atoms with Crippen molar-refractivity contribution in [1.29, 1.82) is 0 Å². The molecule has 0 bridgehead atoms. The summed E-state index contributed by atoms with van der Waals surface area (Å²) in [4.78, 5) is 0. The lowest BCUT2D eigenvalue weighted by molar-refractivity contribution is 0.617. The summed E-state index contributed by atoms with van der Waals surface area (Å²) >= 11 is 0. The molecule has 57 heavy (non-hydrogen) atoms. The highest BCUT2D eigenvalue weighted by atomic mass is 16.3. The Bertz CT molecular complexity index is 3760. The highest BCUT2D eigenvalue weighted by Gasteiger charge is 2.22. The maximum absolute atomic E-state index is 6.73. The van der Waals surface area contributed by atoms with Crippen molar-refractivity contribution in [3.05, 3.63) is 182 Å². The van der Waals surface area contributed by atoms with Gasteiger partial charge in [0.25, 0.3) is 0 Å². The predicted molar refractivity (Wildman–Crippen MR) is 237 cm³/mol. The van der Waals surface area contributed by atoms with Gasteiger partial charge in [-0.1, -0.05) is 133 Å². The van der Waals surface area contributed by atoms with E-state index in [0.29, 0.717) is 0 Å². The second-order valence-corrected chi connectivity index (χ2v) is 15.2. The van der Waals surface area contributed by atoms with E-state index in [4.69, 9.17) is 13.3 Å². The highest BCUT2D eigenvalue weighted by Crippen LogP contribution is 2.48. The third-order valence-electron chi connectivity index (χ3n) is 12.1. The minimum absolute atomic E-state index is 0.844. The summed E-state index contributed by atoms with van der Waals surface area (Å²) < 4.78 is 19.6. The lowest BCUT2D eigenvalue weighted by atomic mass is 9.85. The van der Waals surface area contributed by atoms with E-state index < -0.39 is 0 Å². The maximum atomic E-state index is 6.73. The number of benzene rings is 10. The van der Waals surface area contributed by atoms with E-state index >= 15 is 0 Å². The smallest absolute Gasteiger partial charge is 0.143 e. The summed E-state index contributed by atoms with van der Waals surface area (Å²) in [7, 11) is 0. The summed E-state index contributed by atoms with van der Waals surface area (Å²) in [5, 5.41) is 14.9. The van der Waals surface area contributed by atoms with Gasteiger partial charge in [-0.2, -0.15) is 0 Å². The lowest BCUT2D eigenvalue weighted by Gasteiger charge is -2.18. The molecule has 0 spiro atoms. The first kappa shape index (κ1) is 30.7. The normalized spacial score (nSPS) is 12.2. The first-order chi connectivity index (χ1) is 28.2. The molecule has 0 aliphatic rings. The molecule has 3 nitrogen and oxygen atoms in total. The molecule has 13 aromatic rings. The summed E-state index contributed by atoms with van der Waals surface area (Å²) in [6.07, 6.45) is 1.87. The van der Waals surface area contributed by atoms with Gasteiger partial charge in [-0.05, 0) is 108 Å². The molecule has 0 saturated carbocycles. The summed E-state index contributed by atoms with van der Waals surface area (Å²) in [5.74, 6) is 0. The molecule has 0 fully saturated rings. The van der Waals surface area contributed by atoms with Crippen LogP contribution in [0.15, 0.2) is 195 Å². The van der Waals surface area contributed by atoms with Crippen molar-refractivity contribution in [2.45, 2.75) is 0 Å². The van der Waals surface area contributed by atoms with Crippen LogP contribution in [-0.4, -0.2) is 0 Å². The molecule has 13 rings (SSSR count). The van der Waals surface area contributed by atoms with E-state index in [-0.39, 0.29) is 0 Å². The standard InChI is InChI=1S/C54H30O3/c1-2-12-33-26-34(21-20-31(33)10-1)46-30-55-48-28-44-37-24-23-35(27-49(37)56-50(44)29-45(46)48)51-38-14-5-7-16-40(38)52(41-17-8-6-15-39(41)51)42-18-9-19-47-53(42)43-25-22-32-11-3-4-13-36(32)54(43)57-47/h1-30H. The zero-order valence-corrected chi connectivity index (χ0v) is 30.5. The Labute approximate surface area is 325 Å². The molecule has 10 aromatic carbocycles. The van der Waals surface area contributed by atoms with Crippen LogP contribution in [0.5, 0.6) is 0 Å². The lowest BCUT2D eigenvalue weighted by Crippen LogP contribution is -1.91. The third kappa shape index (κ3) is 4.37. The van der Waals surface area contributed by atoms with Gasteiger partial charge >= 0.3 is 0 Å². The molecule has 3 heteroatoms. The SMILES string of the molecule is c1ccc2cc(-c3coc4cc5c(cc34)oc3cc(-c4c6ccccc6c(-c6cccc7oc8c9ccccc9ccc8c67)c6ccccc46)ccc35)ccc2c1. The quantitative estimate of drug-likeness (QED) is 0.170. The Hall–Kier alpha value is -7.62. The van der Waals surface area contributed by atoms with Gasteiger partial charge in [0.05, 0.1) is 6.26 Å². The Morgan fingerprint density at radius 3 is 1.74 bits per heavy atom. The van der Waals surface area contributed by atoms with Crippen molar-refractivity contribution in [3.8, 4) is 33.4 Å². The van der Waals surface area contributed by atoms with Gasteiger partial charge in [-0.25, -0.2) is 0 Å². The number of hydrogen-bond donors (Lipinski definition) is 0. The first-order valence-corrected chi connectivity index (χ1v) is 19.4. The molecule has 264 valence electrons. The van der Waals surface area contributed by atoms with Gasteiger partial charge in [0.15, 0.2) is 0 Å². The maximum Gasteiger partial charge on any atom is 0.143 e. The summed E-state index contributed by atoms with van der Waals surface area (Å²) in [6.45, 7) is 0. The molecule has 3 aromatic heterocycles. The van der Waals surface area contributed by atoms with Crippen LogP contribution in [0.2, 0.25) is 0 Å². The predicted octanol–water partition coefficient (Wildman–Crippen LogP) is 15.8. The molecule has 0 atom stereocenters. The van der Waals surface area contributed by atoms with E-state index in [0.717, 1.165) is 76.9 Å². The summed E-state index contributed by atoms with van der Waals surface area (Å²) in [5.41, 5.74) is 11.2. The van der Waals surface area contributed by atoms with E-state index in [1.165, 1.54) is 54.4 Å². The van der Waals surface area contributed by atoms with Crippen LogP contribution in [0.25, 0.3) is 131 Å². The van der Waals surface area contributed by atoms with Crippen LogP contribution < -0.4 is 0 Å². The van der Waals surface area contributed by atoms with Gasteiger partial charge in [-0.15, -0.1) is 0 Å². The Balaban J connectivity index is 1.02. The zero-order valence-electron chi connectivity index (χ0n) is 30.5. The molecule has 3 heterocycles. The van der Waals surface area contributed by atoms with Crippen LogP contribution >= 0.6 is 0 Å². The molecular formula is C54H30O3. The van der Waals surface area contributed by atoms with E-state index in [9.17, 15) is 0 Å². The van der Waals surface area contributed by atoms with Crippen LogP contribution in [0.3, 0.4) is 0 Å². The minimum atomic E-state index is 0.844. The molecular weight excluding hydrogens is 697 g/mol. The fourth-order valence-corrected chi connectivity index (χ4v) is 9.52. The Kier molecular flexibility index (Phi) is 6.16. The first-order valence-electron chi connectivity index (χ1n) is 19.4. The highest BCUT2D eigenvalue weighted by molar-refractivity contribution is 6.27. The molecule has 0 unspecified atom stereocenters. The monoisotopic (exact) mass is 726 g/mol. The largest absolute Gasteiger partial charge is 0.464 e. The second-order valence-electron chi connectivity index (χ2n) is 15.2. The van der Waals surface area contributed by atoms with Gasteiger partial charge in [-0.3, -0.25) is 0 Å². The van der Waals surface area contributed by atoms with Gasteiger partial charge in [0, 0.05) is 37.9 Å². The molecule has 0 saturated heterocycles. The Morgan fingerprint density at radius 2 is 0.930 bits per heavy atom. The molecule has 0 radical (unpaired) electrons. The van der Waals surface area contributed by atoms with Gasteiger partial charge in [0.1, 0.15) is 27.9 Å². The van der Waals surface area contributed by atoms with Crippen molar-refractivity contribution in [1.82, 2.24) is 0 Å². The fraction of sp³-hybridized carbons (Fsp3) is 0. The van der Waals surface area contributed by atoms with Crippen LogP contribution in [-0.2, 0) is 0 Å². The zero-order chi connectivity index (χ0) is 37.2. The number of hydrogen-bond acceptors (Lipinski definition) is 3. The van der Waals surface area contributed by atoms with Crippen molar-refractivity contribution in [2.75, 3.05) is 0 Å². The average Bonchev–Trinajstić information content (AvgIpc) is 3.97. The average molecular weight is 727 g/mol. The van der Waals surface area contributed by atoms with Crippen molar-refractivity contribution in [2.24, 2.45) is 0 Å². The van der Waals surface area contributed by atoms with Crippen LogP contribution in [0, 0.1) is 0 Å². The van der Waals surface area contributed by atoms with Crippen LogP contribution in [0.1, 0.15) is 0 Å². The molecule has 0 aliphatic heterocycles. The van der Waals surface area contributed by atoms with Crippen molar-refractivity contribution < 1.29 is 13.3 Å². The van der Waals surface area contributed by atoms with Crippen molar-refractivity contribution in [3.63, 3.8) is 0 Å². The fourth-order valence-electron chi connectivity index (χ4n) is 9.52. The molecule has 0 aliphatic carbocycles. The van der Waals surface area contributed by atoms with E-state index in [2.05, 4.69) is 176 Å². The van der Waals surface area contributed by atoms with Crippen LogP contribution in [0.4, 0.5) is 0 Å². The van der Waals surface area contributed by atoms with Gasteiger partial charge < -0.3 is 13.3 Å². The number of rotatable bonds is 3. The van der Waals surface area contributed by atoms with E-state index in [1.54, 1.807) is 0 Å². The van der Waals surface area contributed by atoms with Gasteiger partial charge in [0.2, 0.25) is 0 Å². The molecule has 0 N–H and O–H groups in total. The topological polar surface area (TPSA) is 39.4 Å². The third-order valence-corrected chi connectivity index (χ3v) is 12.1.